The van der Waals surface area contributed by atoms with Gasteiger partial charge >= 0.3 is 0 Å². The zero-order chi connectivity index (χ0) is 12.5. The second kappa shape index (κ2) is 4.74. The number of aliphatic hydroxyl groups is 1. The Bertz CT molecular complexity index is 556. The van der Waals surface area contributed by atoms with Crippen molar-refractivity contribution >= 4 is 28.6 Å². The molecule has 5 nitrogen and oxygen atoms in total. The van der Waals surface area contributed by atoms with Crippen LogP contribution in [0.3, 0.4) is 0 Å². The maximum absolute atomic E-state index is 9.21. The molecule has 6 heteroatoms. The zero-order valence-corrected chi connectivity index (χ0v) is 10.6. The molecular weight excluding hydrogens is 252 g/mol. The maximum Gasteiger partial charge on any atom is 0.168 e. The molecule has 96 valence electrons. The van der Waals surface area contributed by atoms with Crippen LogP contribution in [0.15, 0.2) is 18.6 Å². The van der Waals surface area contributed by atoms with Gasteiger partial charge in [-0.15, -0.1) is 0 Å². The Balaban J connectivity index is 1.98. The van der Waals surface area contributed by atoms with E-state index in [1.54, 1.807) is 6.20 Å². The largest absolute Gasteiger partial charge is 0.396 e. The third-order valence-corrected chi connectivity index (χ3v) is 3.93. The van der Waals surface area contributed by atoms with Crippen molar-refractivity contribution in [1.29, 1.82) is 0 Å². The molecule has 0 aliphatic heterocycles. The van der Waals surface area contributed by atoms with Crippen molar-refractivity contribution < 1.29 is 5.11 Å². The van der Waals surface area contributed by atoms with E-state index in [1.807, 2.05) is 12.4 Å². The Morgan fingerprint density at radius 1 is 1.44 bits per heavy atom. The van der Waals surface area contributed by atoms with E-state index in [2.05, 4.69) is 19.4 Å². The van der Waals surface area contributed by atoms with E-state index in [4.69, 9.17) is 11.8 Å². The first kappa shape index (κ1) is 11.7. The second-order valence-electron chi connectivity index (χ2n) is 4.79. The predicted molar refractivity (Wildman–Crippen MR) is 70.5 cm³/mol. The summed E-state index contributed by atoms with van der Waals surface area (Å²) in [6, 6.07) is 2.37. The number of fused-ring (bicyclic) bond motifs is 1. The fourth-order valence-corrected chi connectivity index (χ4v) is 2.93. The Morgan fingerprint density at radius 3 is 3.06 bits per heavy atom. The summed E-state index contributed by atoms with van der Waals surface area (Å²) in [5.74, 6) is 1.00. The molecule has 0 radical (unpaired) electrons. The minimum Gasteiger partial charge on any atom is -0.396 e. The molecule has 3 rings (SSSR count). The van der Waals surface area contributed by atoms with Gasteiger partial charge in [0.1, 0.15) is 5.52 Å². The van der Waals surface area contributed by atoms with Crippen molar-refractivity contribution in [2.45, 2.75) is 25.3 Å². The average molecular weight is 267 g/mol. The van der Waals surface area contributed by atoms with E-state index < -0.39 is 0 Å². The van der Waals surface area contributed by atoms with Crippen molar-refractivity contribution in [2.24, 2.45) is 5.92 Å². The molecule has 1 aliphatic carbocycles. The van der Waals surface area contributed by atoms with E-state index in [-0.39, 0.29) is 6.61 Å². The van der Waals surface area contributed by atoms with E-state index in [9.17, 15) is 5.11 Å². The normalized spacial score (nSPS) is 23.7. The molecule has 2 atom stereocenters. The first-order chi connectivity index (χ1) is 8.83. The minimum absolute atomic E-state index is 0.277. The molecule has 0 amide bonds. The summed E-state index contributed by atoms with van der Waals surface area (Å²) in [6.07, 6.45) is 6.74. The Hall–Kier alpha value is -1.33. The number of hydrogen-bond donors (Lipinski definition) is 2. The van der Waals surface area contributed by atoms with Gasteiger partial charge in [0.2, 0.25) is 0 Å². The first-order valence-corrected chi connectivity index (χ1v) is 6.50. The van der Waals surface area contributed by atoms with Gasteiger partial charge < -0.3 is 9.67 Å². The van der Waals surface area contributed by atoms with Crippen molar-refractivity contribution in [3.63, 3.8) is 0 Å². The van der Waals surface area contributed by atoms with E-state index in [1.165, 1.54) is 0 Å². The number of nitrogens with one attached hydrogen (secondary N) is 1. The van der Waals surface area contributed by atoms with Crippen LogP contribution in [0.2, 0.25) is 0 Å². The van der Waals surface area contributed by atoms with Crippen molar-refractivity contribution in [3.8, 4) is 0 Å². The Labute approximate surface area is 110 Å². The summed E-state index contributed by atoms with van der Waals surface area (Å²) < 4.78 is 2.17. The molecule has 0 spiro atoms. The molecule has 0 aromatic carbocycles. The first-order valence-electron chi connectivity index (χ1n) is 6.12. The average Bonchev–Trinajstić information content (AvgIpc) is 3.03. The molecular formula is C12H15ClN4O. The van der Waals surface area contributed by atoms with Crippen LogP contribution in [0.5, 0.6) is 0 Å². The smallest absolute Gasteiger partial charge is 0.168 e. The highest BCUT2D eigenvalue weighted by Gasteiger charge is 2.26. The van der Waals surface area contributed by atoms with Crippen LogP contribution in [-0.2, 0) is 0 Å². The lowest BCUT2D eigenvalue weighted by Crippen LogP contribution is -2.06. The zero-order valence-electron chi connectivity index (χ0n) is 9.88. The van der Waals surface area contributed by atoms with Gasteiger partial charge in [0.25, 0.3) is 0 Å². The number of aromatic nitrogens is 3. The number of rotatable bonds is 3. The van der Waals surface area contributed by atoms with Gasteiger partial charge in [0.05, 0.1) is 11.8 Å². The van der Waals surface area contributed by atoms with Crippen LogP contribution in [-0.4, -0.2) is 26.2 Å². The van der Waals surface area contributed by atoms with E-state index in [0.29, 0.717) is 17.8 Å². The molecule has 18 heavy (non-hydrogen) atoms. The van der Waals surface area contributed by atoms with E-state index >= 15 is 0 Å². The number of imidazole rings is 1. The molecule has 2 heterocycles. The number of hydrogen-bond acceptors (Lipinski definition) is 4. The quantitative estimate of drug-likeness (QED) is 0.837. The number of pyridine rings is 1. The third-order valence-electron chi connectivity index (χ3n) is 3.75. The molecule has 0 saturated heterocycles. The highest BCUT2D eigenvalue weighted by Crippen LogP contribution is 2.36. The fourth-order valence-electron chi connectivity index (χ4n) is 2.79. The van der Waals surface area contributed by atoms with Crippen molar-refractivity contribution in [2.75, 3.05) is 11.4 Å². The van der Waals surface area contributed by atoms with E-state index in [0.717, 1.165) is 30.3 Å². The highest BCUT2D eigenvalue weighted by atomic mass is 35.5. The van der Waals surface area contributed by atoms with Crippen molar-refractivity contribution in [3.05, 3.63) is 18.6 Å². The second-order valence-corrected chi connectivity index (χ2v) is 4.98. The van der Waals surface area contributed by atoms with Crippen LogP contribution in [0, 0.1) is 5.92 Å². The van der Waals surface area contributed by atoms with Gasteiger partial charge in [-0.1, -0.05) is 0 Å². The Morgan fingerprint density at radius 2 is 2.33 bits per heavy atom. The standard InChI is InChI=1S/C12H15ClN4O/c13-16-12-11-10(3-4-14-12)17(7-15-11)9-2-1-8(5-9)6-18/h3-4,7-9,18H,1-2,5-6H2,(H,14,16)/t8?,9-/m0/s1. The summed E-state index contributed by atoms with van der Waals surface area (Å²) in [5, 5.41) is 9.21. The molecule has 1 unspecified atom stereocenters. The van der Waals surface area contributed by atoms with Gasteiger partial charge in [-0.25, -0.2) is 9.97 Å². The number of anilines is 1. The predicted octanol–water partition coefficient (Wildman–Crippen LogP) is 2.33. The van der Waals surface area contributed by atoms with Gasteiger partial charge in [0.15, 0.2) is 5.82 Å². The minimum atomic E-state index is 0.277. The number of aliphatic hydroxyl groups excluding tert-OH is 1. The highest BCUT2D eigenvalue weighted by molar-refractivity contribution is 6.25. The van der Waals surface area contributed by atoms with Gasteiger partial charge in [-0.2, -0.15) is 0 Å². The molecule has 1 saturated carbocycles. The lowest BCUT2D eigenvalue weighted by Gasteiger charge is -2.13. The van der Waals surface area contributed by atoms with Crippen LogP contribution < -0.4 is 4.84 Å². The molecule has 1 fully saturated rings. The summed E-state index contributed by atoms with van der Waals surface area (Å²) in [6.45, 7) is 0.277. The van der Waals surface area contributed by atoms with Crippen LogP contribution >= 0.6 is 11.8 Å². The fraction of sp³-hybridized carbons (Fsp3) is 0.500. The third kappa shape index (κ3) is 1.83. The summed E-state index contributed by atoms with van der Waals surface area (Å²) in [7, 11) is 0. The molecule has 2 aromatic heterocycles. The monoisotopic (exact) mass is 266 g/mol. The maximum atomic E-state index is 9.21. The van der Waals surface area contributed by atoms with Crippen LogP contribution in [0.1, 0.15) is 25.3 Å². The SMILES string of the molecule is OCC1CC[C@H](n2cnc3c(NCl)nccc32)C1. The number of nitrogens with zero attached hydrogens (tertiary/aromatic N) is 3. The summed E-state index contributed by atoms with van der Waals surface area (Å²) in [4.78, 5) is 11.1. The van der Waals surface area contributed by atoms with Gasteiger partial charge in [-0.3, -0.25) is 4.84 Å². The Kier molecular flexibility index (Phi) is 3.09. The van der Waals surface area contributed by atoms with Crippen LogP contribution in [0.25, 0.3) is 11.0 Å². The molecule has 2 N–H and O–H groups in total. The van der Waals surface area contributed by atoms with Gasteiger partial charge in [0, 0.05) is 30.6 Å². The topological polar surface area (TPSA) is 63.0 Å². The molecule has 0 bridgehead atoms. The van der Waals surface area contributed by atoms with Gasteiger partial charge in [-0.05, 0) is 31.2 Å². The molecule has 1 aliphatic rings. The van der Waals surface area contributed by atoms with Crippen LogP contribution in [0.4, 0.5) is 5.82 Å². The van der Waals surface area contributed by atoms with Crippen molar-refractivity contribution in [1.82, 2.24) is 14.5 Å². The number of halogens is 1. The lowest BCUT2D eigenvalue weighted by molar-refractivity contribution is 0.226. The summed E-state index contributed by atoms with van der Waals surface area (Å²) >= 11 is 5.63. The summed E-state index contributed by atoms with van der Waals surface area (Å²) in [5.41, 5.74) is 1.83. The molecule has 2 aromatic rings. The lowest BCUT2D eigenvalue weighted by atomic mass is 10.1.